The van der Waals surface area contributed by atoms with Gasteiger partial charge < -0.3 is 5.32 Å². The Morgan fingerprint density at radius 3 is 2.92 bits per heavy atom. The summed E-state index contributed by atoms with van der Waals surface area (Å²) >= 11 is 7.37. The highest BCUT2D eigenvalue weighted by atomic mass is 35.5. The number of hydrogen-bond acceptors (Lipinski definition) is 2. The van der Waals surface area contributed by atoms with Gasteiger partial charge in [0.1, 0.15) is 0 Å². The van der Waals surface area contributed by atoms with Crippen LogP contribution in [0.15, 0.2) is 0 Å². The second-order valence-electron chi connectivity index (χ2n) is 3.37. The molecule has 0 aliphatic heterocycles. The van der Waals surface area contributed by atoms with Crippen LogP contribution < -0.4 is 5.32 Å². The molecule has 1 N–H and O–H groups in total. The second kappa shape index (κ2) is 5.76. The lowest BCUT2D eigenvalue weighted by molar-refractivity contribution is -0.121. The highest BCUT2D eigenvalue weighted by Gasteiger charge is 2.24. The van der Waals surface area contributed by atoms with E-state index >= 15 is 0 Å². The number of carbonyl (C=O) groups excluding carboxylic acids is 1. The molecule has 1 saturated carbocycles. The van der Waals surface area contributed by atoms with E-state index in [1.807, 2.05) is 11.8 Å². The van der Waals surface area contributed by atoms with Gasteiger partial charge in [-0.3, -0.25) is 4.79 Å². The van der Waals surface area contributed by atoms with Gasteiger partial charge in [0.2, 0.25) is 5.91 Å². The molecule has 13 heavy (non-hydrogen) atoms. The third kappa shape index (κ3) is 3.77. The van der Waals surface area contributed by atoms with E-state index in [2.05, 4.69) is 11.6 Å². The van der Waals surface area contributed by atoms with E-state index in [0.717, 1.165) is 18.1 Å². The molecule has 2 unspecified atom stereocenters. The number of alkyl halides is 1. The predicted molar refractivity (Wildman–Crippen MR) is 58.4 cm³/mol. The monoisotopic (exact) mass is 221 g/mol. The molecule has 0 heterocycles. The van der Waals surface area contributed by atoms with Crippen molar-refractivity contribution in [2.75, 3.05) is 12.1 Å². The summed E-state index contributed by atoms with van der Waals surface area (Å²) in [4.78, 5) is 11.2. The average molecular weight is 222 g/mol. The van der Waals surface area contributed by atoms with E-state index < -0.39 is 0 Å². The predicted octanol–water partition coefficient (Wildman–Crippen LogP) is 2.02. The molecule has 4 heteroatoms. The lowest BCUT2D eigenvalue weighted by Crippen LogP contribution is -2.33. The number of nitrogens with one attached hydrogen (secondary N) is 1. The van der Waals surface area contributed by atoms with Gasteiger partial charge in [0, 0.05) is 23.6 Å². The summed E-state index contributed by atoms with van der Waals surface area (Å²) in [5.74, 6) is 0.520. The minimum absolute atomic E-state index is 0.0988. The van der Waals surface area contributed by atoms with Gasteiger partial charge in [0.05, 0.1) is 0 Å². The zero-order valence-electron chi connectivity index (χ0n) is 7.88. The smallest absolute Gasteiger partial charge is 0.221 e. The van der Waals surface area contributed by atoms with Crippen molar-refractivity contribution in [2.24, 2.45) is 0 Å². The van der Waals surface area contributed by atoms with Gasteiger partial charge in [-0.1, -0.05) is 0 Å². The molecule has 0 radical (unpaired) electrons. The van der Waals surface area contributed by atoms with Gasteiger partial charge in [-0.25, -0.2) is 0 Å². The molecular formula is C9H16ClNOS. The first-order valence-corrected chi connectivity index (χ1v) is 6.46. The van der Waals surface area contributed by atoms with Crippen LogP contribution >= 0.6 is 23.4 Å². The topological polar surface area (TPSA) is 29.1 Å². The zero-order valence-corrected chi connectivity index (χ0v) is 9.46. The third-order valence-electron chi connectivity index (χ3n) is 2.40. The van der Waals surface area contributed by atoms with Crippen LogP contribution in [-0.2, 0) is 4.79 Å². The first-order chi connectivity index (χ1) is 6.26. The Kier molecular flexibility index (Phi) is 4.96. The molecule has 0 aromatic rings. The average Bonchev–Trinajstić information content (AvgIpc) is 2.52. The number of amides is 1. The van der Waals surface area contributed by atoms with Crippen molar-refractivity contribution >= 4 is 29.3 Å². The third-order valence-corrected chi connectivity index (χ3v) is 3.69. The van der Waals surface area contributed by atoms with E-state index in [1.165, 1.54) is 6.42 Å². The molecule has 0 bridgehead atoms. The van der Waals surface area contributed by atoms with Crippen molar-refractivity contribution in [1.82, 2.24) is 5.32 Å². The maximum Gasteiger partial charge on any atom is 0.221 e. The first kappa shape index (κ1) is 11.2. The molecule has 1 aliphatic carbocycles. The number of carbonyl (C=O) groups is 1. The van der Waals surface area contributed by atoms with Gasteiger partial charge in [-0.05, 0) is 25.5 Å². The molecule has 1 aliphatic rings. The van der Waals surface area contributed by atoms with Crippen LogP contribution in [0.3, 0.4) is 0 Å². The zero-order chi connectivity index (χ0) is 9.68. The van der Waals surface area contributed by atoms with E-state index in [-0.39, 0.29) is 5.91 Å². The first-order valence-electron chi connectivity index (χ1n) is 4.64. The van der Waals surface area contributed by atoms with E-state index in [1.54, 1.807) is 0 Å². The minimum atomic E-state index is 0.0988. The van der Waals surface area contributed by atoms with Crippen molar-refractivity contribution in [1.29, 1.82) is 0 Å². The van der Waals surface area contributed by atoms with Crippen molar-refractivity contribution in [3.05, 3.63) is 0 Å². The highest BCUT2D eigenvalue weighted by molar-refractivity contribution is 7.99. The van der Waals surface area contributed by atoms with Gasteiger partial charge in [-0.15, -0.1) is 11.6 Å². The molecule has 1 rings (SSSR count). The van der Waals surface area contributed by atoms with Crippen molar-refractivity contribution < 1.29 is 4.79 Å². The Morgan fingerprint density at radius 1 is 1.62 bits per heavy atom. The maximum absolute atomic E-state index is 11.2. The second-order valence-corrected chi connectivity index (χ2v) is 4.89. The number of halogens is 1. The number of thioether (sulfide) groups is 1. The quantitative estimate of drug-likeness (QED) is 0.736. The molecule has 0 saturated heterocycles. The summed E-state index contributed by atoms with van der Waals surface area (Å²) < 4.78 is 0. The molecule has 0 spiro atoms. The molecule has 0 aromatic carbocycles. The number of rotatable bonds is 4. The highest BCUT2D eigenvalue weighted by Crippen LogP contribution is 2.28. The molecule has 2 nitrogen and oxygen atoms in total. The number of hydrogen-bond donors (Lipinski definition) is 1. The lowest BCUT2D eigenvalue weighted by Gasteiger charge is -2.11. The fourth-order valence-electron chi connectivity index (χ4n) is 1.67. The Hall–Kier alpha value is 0.110. The summed E-state index contributed by atoms with van der Waals surface area (Å²) in [5, 5.41) is 3.74. The molecular weight excluding hydrogens is 206 g/mol. The standard InChI is InChI=1S/C9H16ClNOS/c1-13-8-3-2-7(6-8)11-9(12)4-5-10/h7-8H,2-6H2,1H3,(H,11,12). The van der Waals surface area contributed by atoms with Crippen LogP contribution in [-0.4, -0.2) is 29.3 Å². The summed E-state index contributed by atoms with van der Waals surface area (Å²) in [6.07, 6.45) is 6.05. The van der Waals surface area contributed by atoms with Crippen molar-refractivity contribution in [3.8, 4) is 0 Å². The molecule has 0 aromatic heterocycles. The molecule has 1 amide bonds. The SMILES string of the molecule is CSC1CCC(NC(=O)CCCl)C1. The fraction of sp³-hybridized carbons (Fsp3) is 0.889. The Balaban J connectivity index is 2.19. The summed E-state index contributed by atoms with van der Waals surface area (Å²) in [6.45, 7) is 0. The van der Waals surface area contributed by atoms with Gasteiger partial charge in [0.25, 0.3) is 0 Å². The van der Waals surface area contributed by atoms with Crippen LogP contribution in [0.1, 0.15) is 25.7 Å². The summed E-state index contributed by atoms with van der Waals surface area (Å²) in [7, 11) is 0. The van der Waals surface area contributed by atoms with Crippen LogP contribution in [0.25, 0.3) is 0 Å². The Bertz CT molecular complexity index is 177. The van der Waals surface area contributed by atoms with Crippen LogP contribution in [0.2, 0.25) is 0 Å². The molecule has 76 valence electrons. The van der Waals surface area contributed by atoms with E-state index in [9.17, 15) is 4.79 Å². The van der Waals surface area contributed by atoms with Crippen molar-refractivity contribution in [3.63, 3.8) is 0 Å². The Morgan fingerprint density at radius 2 is 2.38 bits per heavy atom. The molecule has 2 atom stereocenters. The Labute approximate surface area is 88.8 Å². The van der Waals surface area contributed by atoms with Gasteiger partial charge in [-0.2, -0.15) is 11.8 Å². The van der Waals surface area contributed by atoms with Crippen molar-refractivity contribution in [2.45, 2.75) is 37.0 Å². The maximum atomic E-state index is 11.2. The largest absolute Gasteiger partial charge is 0.353 e. The normalized spacial score (nSPS) is 27.5. The summed E-state index contributed by atoms with van der Waals surface area (Å²) in [5.41, 5.74) is 0. The van der Waals surface area contributed by atoms with Crippen LogP contribution in [0.5, 0.6) is 0 Å². The summed E-state index contributed by atoms with van der Waals surface area (Å²) in [6, 6.07) is 0.396. The van der Waals surface area contributed by atoms with Gasteiger partial charge in [0.15, 0.2) is 0 Å². The van der Waals surface area contributed by atoms with Gasteiger partial charge >= 0.3 is 0 Å². The fourth-order valence-corrected chi connectivity index (χ4v) is 2.64. The van der Waals surface area contributed by atoms with E-state index in [0.29, 0.717) is 18.3 Å². The van der Waals surface area contributed by atoms with Crippen LogP contribution in [0.4, 0.5) is 0 Å². The molecule has 1 fully saturated rings. The van der Waals surface area contributed by atoms with E-state index in [4.69, 9.17) is 11.6 Å². The lowest BCUT2D eigenvalue weighted by atomic mass is 10.2. The minimum Gasteiger partial charge on any atom is -0.353 e. The van der Waals surface area contributed by atoms with Crippen LogP contribution in [0, 0.1) is 0 Å².